The normalized spacial score (nSPS) is 12.8. The van der Waals surface area contributed by atoms with Gasteiger partial charge in [0.2, 0.25) is 0 Å². The Morgan fingerprint density at radius 1 is 0.947 bits per heavy atom. The van der Waals surface area contributed by atoms with E-state index in [1.165, 1.54) is 75.6 Å². The molecule has 0 aliphatic rings. The van der Waals surface area contributed by atoms with Crippen LogP contribution in [0.4, 0.5) is 0 Å². The molecule has 0 radical (unpaired) electrons. The van der Waals surface area contributed by atoms with Gasteiger partial charge in [-0.25, -0.2) is 0 Å². The molecule has 1 rings (SSSR count). The molecule has 0 aliphatic heterocycles. The summed E-state index contributed by atoms with van der Waals surface area (Å²) in [5, 5.41) is 7.59. The molecule has 0 aliphatic carbocycles. The third-order valence-electron chi connectivity index (χ3n) is 3.96. The Kier molecular flexibility index (Phi) is 8.61. The fourth-order valence-electron chi connectivity index (χ4n) is 2.72. The number of aromatic amines is 1. The van der Waals surface area contributed by atoms with Crippen molar-refractivity contribution in [1.82, 2.24) is 10.2 Å². The van der Waals surface area contributed by atoms with Gasteiger partial charge in [0.05, 0.1) is 5.69 Å². The van der Waals surface area contributed by atoms with E-state index in [1.54, 1.807) is 0 Å². The lowest BCUT2D eigenvalue weighted by Gasteiger charge is -2.14. The number of unbranched alkanes of at least 4 members (excludes halogenated alkanes) is 6. The number of hydrogen-bond acceptors (Lipinski definition) is 1. The Bertz CT molecular complexity index is 317. The molecule has 0 spiro atoms. The first-order chi connectivity index (χ1) is 9.27. The highest BCUT2D eigenvalue weighted by Gasteiger charge is 2.13. The van der Waals surface area contributed by atoms with Crippen molar-refractivity contribution in [3.05, 3.63) is 17.5 Å². The monoisotopic (exact) mass is 264 g/mol. The average molecular weight is 264 g/mol. The molecular formula is C17H32N2. The molecular weight excluding hydrogens is 232 g/mol. The maximum absolute atomic E-state index is 4.48. The number of nitrogens with one attached hydrogen (secondary N) is 1. The van der Waals surface area contributed by atoms with Crippen molar-refractivity contribution in [3.8, 4) is 0 Å². The van der Waals surface area contributed by atoms with E-state index in [1.807, 2.05) is 0 Å². The summed E-state index contributed by atoms with van der Waals surface area (Å²) in [6, 6.07) is 2.24. The van der Waals surface area contributed by atoms with Crippen LogP contribution in [0.15, 0.2) is 6.07 Å². The van der Waals surface area contributed by atoms with Crippen molar-refractivity contribution in [2.75, 3.05) is 0 Å². The van der Waals surface area contributed by atoms with Gasteiger partial charge in [-0.1, -0.05) is 65.2 Å². The third-order valence-corrected chi connectivity index (χ3v) is 3.96. The van der Waals surface area contributed by atoms with Gasteiger partial charge in [-0.2, -0.15) is 5.10 Å². The number of H-pyrrole nitrogens is 1. The number of hydrogen-bond donors (Lipinski definition) is 1. The molecule has 2 nitrogen and oxygen atoms in total. The molecule has 2 heteroatoms. The Morgan fingerprint density at radius 3 is 2.11 bits per heavy atom. The van der Waals surface area contributed by atoms with Crippen molar-refractivity contribution in [2.45, 2.75) is 90.9 Å². The maximum Gasteiger partial charge on any atom is 0.0655 e. The van der Waals surface area contributed by atoms with Gasteiger partial charge in [0.25, 0.3) is 0 Å². The largest absolute Gasteiger partial charge is 0.283 e. The minimum absolute atomic E-state index is 0.679. The minimum atomic E-state index is 0.679. The van der Waals surface area contributed by atoms with Crippen LogP contribution >= 0.6 is 0 Å². The molecule has 0 aromatic carbocycles. The highest BCUT2D eigenvalue weighted by molar-refractivity contribution is 5.11. The van der Waals surface area contributed by atoms with Crippen LogP contribution in [0.1, 0.15) is 95.4 Å². The molecule has 1 atom stereocenters. The lowest BCUT2D eigenvalue weighted by Crippen LogP contribution is -2.00. The van der Waals surface area contributed by atoms with E-state index in [-0.39, 0.29) is 0 Å². The van der Waals surface area contributed by atoms with E-state index in [0.29, 0.717) is 5.92 Å². The zero-order valence-electron chi connectivity index (χ0n) is 13.2. The number of aryl methyl sites for hydroxylation is 1. The maximum atomic E-state index is 4.48. The van der Waals surface area contributed by atoms with Gasteiger partial charge in [0, 0.05) is 11.6 Å². The van der Waals surface area contributed by atoms with Crippen LogP contribution < -0.4 is 0 Å². The number of rotatable bonds is 11. The van der Waals surface area contributed by atoms with E-state index in [9.17, 15) is 0 Å². The molecule has 110 valence electrons. The first kappa shape index (κ1) is 16.3. The summed E-state index contributed by atoms with van der Waals surface area (Å²) in [7, 11) is 0. The number of aromatic nitrogens is 2. The third kappa shape index (κ3) is 6.79. The Hall–Kier alpha value is -0.790. The Morgan fingerprint density at radius 2 is 1.53 bits per heavy atom. The van der Waals surface area contributed by atoms with Crippen molar-refractivity contribution >= 4 is 0 Å². The summed E-state index contributed by atoms with van der Waals surface area (Å²) in [5.41, 5.74) is 2.49. The highest BCUT2D eigenvalue weighted by Crippen LogP contribution is 2.27. The van der Waals surface area contributed by atoms with Gasteiger partial charge in [-0.05, 0) is 25.8 Å². The smallest absolute Gasteiger partial charge is 0.0655 e. The topological polar surface area (TPSA) is 28.7 Å². The van der Waals surface area contributed by atoms with Crippen LogP contribution in [0, 0.1) is 6.92 Å². The van der Waals surface area contributed by atoms with Gasteiger partial charge in [-0.15, -0.1) is 0 Å². The summed E-state index contributed by atoms with van der Waals surface area (Å²) in [6.45, 7) is 6.65. The standard InChI is InChI=1S/C17H32N2/c1-4-6-8-9-11-13-16(12-10-7-5-2)17-14-15(3)18-19-17/h14,16H,4-13H2,1-3H3,(H,18,19). The molecule has 1 heterocycles. The quantitative estimate of drug-likeness (QED) is 0.507. The van der Waals surface area contributed by atoms with E-state index in [2.05, 4.69) is 37.0 Å². The Labute approximate surface area is 119 Å². The molecule has 1 unspecified atom stereocenters. The van der Waals surface area contributed by atoms with Crippen molar-refractivity contribution in [2.24, 2.45) is 0 Å². The lowest BCUT2D eigenvalue weighted by molar-refractivity contribution is 0.489. The van der Waals surface area contributed by atoms with Crippen LogP contribution in [-0.4, -0.2) is 10.2 Å². The SMILES string of the molecule is CCCCCCCC(CCCCC)c1cc(C)[nH]n1. The van der Waals surface area contributed by atoms with Crippen LogP contribution in [0.3, 0.4) is 0 Å². The summed E-state index contributed by atoms with van der Waals surface area (Å²) < 4.78 is 0. The fraction of sp³-hybridized carbons (Fsp3) is 0.824. The summed E-state index contributed by atoms with van der Waals surface area (Å²) in [5.74, 6) is 0.679. The van der Waals surface area contributed by atoms with Crippen molar-refractivity contribution in [1.29, 1.82) is 0 Å². The second kappa shape index (κ2) is 10.1. The summed E-state index contributed by atoms with van der Waals surface area (Å²) >= 11 is 0. The molecule has 1 aromatic heterocycles. The predicted molar refractivity (Wildman–Crippen MR) is 83.6 cm³/mol. The average Bonchev–Trinajstić information content (AvgIpc) is 2.83. The molecule has 0 bridgehead atoms. The van der Waals surface area contributed by atoms with Gasteiger partial charge >= 0.3 is 0 Å². The zero-order chi connectivity index (χ0) is 13.9. The summed E-state index contributed by atoms with van der Waals surface area (Å²) in [6.07, 6.45) is 13.5. The molecule has 0 amide bonds. The second-order valence-electron chi connectivity index (χ2n) is 5.87. The van der Waals surface area contributed by atoms with Crippen molar-refractivity contribution in [3.63, 3.8) is 0 Å². The van der Waals surface area contributed by atoms with Crippen molar-refractivity contribution < 1.29 is 0 Å². The molecule has 0 saturated heterocycles. The zero-order valence-corrected chi connectivity index (χ0v) is 13.2. The molecule has 19 heavy (non-hydrogen) atoms. The lowest BCUT2D eigenvalue weighted by atomic mass is 9.92. The first-order valence-corrected chi connectivity index (χ1v) is 8.29. The highest BCUT2D eigenvalue weighted by atomic mass is 15.1. The van der Waals surface area contributed by atoms with Gasteiger partial charge < -0.3 is 0 Å². The van der Waals surface area contributed by atoms with Crippen LogP contribution in [-0.2, 0) is 0 Å². The van der Waals surface area contributed by atoms with Gasteiger partial charge in [0.1, 0.15) is 0 Å². The fourth-order valence-corrected chi connectivity index (χ4v) is 2.72. The number of nitrogens with zero attached hydrogens (tertiary/aromatic N) is 1. The molecule has 0 saturated carbocycles. The predicted octanol–water partition coefficient (Wildman–Crippen LogP) is 5.74. The minimum Gasteiger partial charge on any atom is -0.283 e. The van der Waals surface area contributed by atoms with Gasteiger partial charge in [-0.3, -0.25) is 5.10 Å². The first-order valence-electron chi connectivity index (χ1n) is 8.29. The van der Waals surface area contributed by atoms with E-state index in [4.69, 9.17) is 0 Å². The molecule has 1 aromatic rings. The second-order valence-corrected chi connectivity index (χ2v) is 5.87. The van der Waals surface area contributed by atoms with E-state index < -0.39 is 0 Å². The molecule has 0 fully saturated rings. The summed E-state index contributed by atoms with van der Waals surface area (Å²) in [4.78, 5) is 0. The van der Waals surface area contributed by atoms with Crippen LogP contribution in [0.25, 0.3) is 0 Å². The van der Waals surface area contributed by atoms with Crippen LogP contribution in [0.5, 0.6) is 0 Å². The van der Waals surface area contributed by atoms with E-state index in [0.717, 1.165) is 0 Å². The van der Waals surface area contributed by atoms with Crippen LogP contribution in [0.2, 0.25) is 0 Å². The Balaban J connectivity index is 2.36. The molecule has 1 N–H and O–H groups in total. The van der Waals surface area contributed by atoms with Gasteiger partial charge in [0.15, 0.2) is 0 Å². The van der Waals surface area contributed by atoms with E-state index >= 15 is 0 Å².